The minimum absolute atomic E-state index is 0.0459. The van der Waals surface area contributed by atoms with E-state index in [1.807, 2.05) is 18.4 Å². The molecule has 3 heterocycles. The van der Waals surface area contributed by atoms with Crippen LogP contribution in [-0.4, -0.2) is 22.3 Å². The molecular weight excluding hydrogens is 481 g/mol. The van der Waals surface area contributed by atoms with E-state index >= 15 is 0 Å². The fourth-order valence-corrected chi connectivity index (χ4v) is 5.52. The van der Waals surface area contributed by atoms with Gasteiger partial charge in [-0.05, 0) is 48.4 Å². The lowest BCUT2D eigenvalue weighted by Gasteiger charge is -2.14. The molecule has 11 heteroatoms. The van der Waals surface area contributed by atoms with Crippen molar-refractivity contribution < 1.29 is 17.9 Å². The van der Waals surface area contributed by atoms with E-state index in [0.29, 0.717) is 27.2 Å². The number of thiophene rings is 1. The maximum absolute atomic E-state index is 13.8. The lowest BCUT2D eigenvalue weighted by atomic mass is 10.1. The van der Waals surface area contributed by atoms with Crippen molar-refractivity contribution in [1.29, 1.82) is 0 Å². The fraction of sp³-hybridized carbons (Fsp3) is 0.333. The molecule has 2 aliphatic rings. The number of hydrogen-bond donors (Lipinski definition) is 2. The van der Waals surface area contributed by atoms with E-state index in [1.54, 1.807) is 6.07 Å². The van der Waals surface area contributed by atoms with Gasteiger partial charge in [-0.1, -0.05) is 22.9 Å². The third-order valence-electron chi connectivity index (χ3n) is 5.18. The summed E-state index contributed by atoms with van der Waals surface area (Å²) in [5, 5.41) is 7.31. The first-order valence-electron chi connectivity index (χ1n) is 9.90. The van der Waals surface area contributed by atoms with Gasteiger partial charge in [0.15, 0.2) is 5.06 Å². The Hall–Kier alpha value is -2.01. The summed E-state index contributed by atoms with van der Waals surface area (Å²) in [6.07, 6.45) is 0.169. The topological polar surface area (TPSA) is 59.1 Å². The van der Waals surface area contributed by atoms with Gasteiger partial charge >= 0.3 is 6.18 Å². The molecule has 5 nitrogen and oxygen atoms in total. The number of nitrogens with zero attached hydrogens (tertiary/aromatic N) is 2. The molecule has 0 saturated heterocycles. The van der Waals surface area contributed by atoms with Crippen LogP contribution in [-0.2, 0) is 19.3 Å². The fourth-order valence-electron chi connectivity index (χ4n) is 3.41. The number of anilines is 2. The molecule has 0 unspecified atom stereocenters. The zero-order chi connectivity index (χ0) is 22.5. The first-order valence-corrected chi connectivity index (χ1v) is 12.3. The highest BCUT2D eigenvalue weighted by atomic mass is 35.5. The Morgan fingerprint density at radius 2 is 1.97 bits per heavy atom. The molecule has 1 aromatic carbocycles. The summed E-state index contributed by atoms with van der Waals surface area (Å²) in [4.78, 5) is 9.35. The highest BCUT2D eigenvalue weighted by Crippen LogP contribution is 2.46. The summed E-state index contributed by atoms with van der Waals surface area (Å²) < 4.78 is 47.2. The van der Waals surface area contributed by atoms with E-state index in [0.717, 1.165) is 41.6 Å². The van der Waals surface area contributed by atoms with Crippen molar-refractivity contribution in [3.63, 3.8) is 0 Å². The predicted octanol–water partition coefficient (Wildman–Crippen LogP) is 6.49. The summed E-state index contributed by atoms with van der Waals surface area (Å²) in [5.41, 5.74) is 1.65. The largest absolute Gasteiger partial charge is 0.480 e. The lowest BCUT2D eigenvalue weighted by Crippen LogP contribution is -2.11. The highest BCUT2D eigenvalue weighted by molar-refractivity contribution is 7.98. The van der Waals surface area contributed by atoms with Crippen molar-refractivity contribution in [3.05, 3.63) is 46.1 Å². The van der Waals surface area contributed by atoms with Gasteiger partial charge in [-0.15, -0.1) is 11.8 Å². The van der Waals surface area contributed by atoms with Crippen LogP contribution in [0, 0.1) is 0 Å². The lowest BCUT2D eigenvalue weighted by molar-refractivity contribution is -0.137. The zero-order valence-corrected chi connectivity index (χ0v) is 19.2. The van der Waals surface area contributed by atoms with Crippen molar-refractivity contribution in [2.75, 3.05) is 11.6 Å². The number of rotatable bonds is 6. The van der Waals surface area contributed by atoms with Crippen LogP contribution in [0.3, 0.4) is 0 Å². The van der Waals surface area contributed by atoms with Crippen molar-refractivity contribution in [2.24, 2.45) is 0 Å². The summed E-state index contributed by atoms with van der Waals surface area (Å²) in [6, 6.07) is 5.41. The third-order valence-corrected chi connectivity index (χ3v) is 7.40. The molecule has 32 heavy (non-hydrogen) atoms. The van der Waals surface area contributed by atoms with Gasteiger partial charge in [-0.3, -0.25) is 0 Å². The SMILES string of the molecule is CSc1cc(-c2nc(Nc3cc4c(cc3Cl)CNC4)ncc2C(F)(F)F)sc1OC1CC1. The summed E-state index contributed by atoms with van der Waals surface area (Å²) >= 11 is 8.98. The minimum atomic E-state index is -4.59. The molecule has 2 aromatic heterocycles. The second-order valence-electron chi connectivity index (χ2n) is 7.57. The predicted molar refractivity (Wildman–Crippen MR) is 121 cm³/mol. The Labute approximate surface area is 195 Å². The first-order chi connectivity index (χ1) is 15.3. The number of fused-ring (bicyclic) bond motifs is 1. The van der Waals surface area contributed by atoms with Crippen LogP contribution in [0.5, 0.6) is 5.06 Å². The quantitative estimate of drug-likeness (QED) is 0.379. The molecule has 0 radical (unpaired) electrons. The van der Waals surface area contributed by atoms with E-state index in [9.17, 15) is 13.2 Å². The van der Waals surface area contributed by atoms with Gasteiger partial charge in [-0.2, -0.15) is 13.2 Å². The number of alkyl halides is 3. The number of nitrogens with one attached hydrogen (secondary N) is 2. The number of ether oxygens (including phenoxy) is 1. The van der Waals surface area contributed by atoms with E-state index in [2.05, 4.69) is 20.6 Å². The molecule has 0 atom stereocenters. The second kappa shape index (κ2) is 8.40. The van der Waals surface area contributed by atoms with E-state index < -0.39 is 11.7 Å². The van der Waals surface area contributed by atoms with Crippen LogP contribution in [0.15, 0.2) is 29.3 Å². The van der Waals surface area contributed by atoms with Gasteiger partial charge < -0.3 is 15.4 Å². The maximum atomic E-state index is 13.8. The van der Waals surface area contributed by atoms with Gasteiger partial charge in [-0.25, -0.2) is 9.97 Å². The van der Waals surface area contributed by atoms with Crippen LogP contribution in [0.2, 0.25) is 5.02 Å². The number of benzene rings is 1. The molecule has 168 valence electrons. The monoisotopic (exact) mass is 498 g/mol. The number of halogens is 4. The van der Waals surface area contributed by atoms with Crippen LogP contribution < -0.4 is 15.4 Å². The average molecular weight is 499 g/mol. The molecule has 3 aromatic rings. The molecule has 1 aliphatic carbocycles. The smallest absolute Gasteiger partial charge is 0.420 e. The van der Waals surface area contributed by atoms with Crippen molar-refractivity contribution in [3.8, 4) is 15.6 Å². The first kappa shape index (κ1) is 21.8. The summed E-state index contributed by atoms with van der Waals surface area (Å²) in [6.45, 7) is 1.44. The third kappa shape index (κ3) is 4.41. The molecule has 0 spiro atoms. The van der Waals surface area contributed by atoms with E-state index in [1.165, 1.54) is 23.1 Å². The van der Waals surface area contributed by atoms with Crippen LogP contribution in [0.4, 0.5) is 24.8 Å². The van der Waals surface area contributed by atoms with Gasteiger partial charge in [0.2, 0.25) is 5.95 Å². The second-order valence-corrected chi connectivity index (χ2v) is 9.84. The normalized spacial score (nSPS) is 15.7. The molecule has 0 amide bonds. The summed E-state index contributed by atoms with van der Waals surface area (Å²) in [5.74, 6) is 0.0459. The Balaban J connectivity index is 1.53. The minimum Gasteiger partial charge on any atom is -0.480 e. The number of aromatic nitrogens is 2. The molecule has 0 bridgehead atoms. The Kier molecular flexibility index (Phi) is 5.73. The van der Waals surface area contributed by atoms with E-state index in [-0.39, 0.29) is 17.7 Å². The summed E-state index contributed by atoms with van der Waals surface area (Å²) in [7, 11) is 0. The van der Waals surface area contributed by atoms with Gasteiger partial charge in [0.05, 0.1) is 26.2 Å². The molecule has 2 N–H and O–H groups in total. The standard InChI is InChI=1S/C21H18ClF3N4OS2/c1-31-17-6-16(32-19(17)30-12-2-3-12)18-13(21(23,24)25)9-27-20(29-18)28-15-5-11-8-26-7-10(11)4-14(15)22/h4-6,9,12,26H,2-3,7-8H2,1H3,(H,27,28,29). The van der Waals surface area contributed by atoms with Gasteiger partial charge in [0.1, 0.15) is 11.7 Å². The van der Waals surface area contributed by atoms with Crippen LogP contribution in [0.1, 0.15) is 29.5 Å². The van der Waals surface area contributed by atoms with Crippen LogP contribution >= 0.6 is 34.7 Å². The van der Waals surface area contributed by atoms with Gasteiger partial charge in [0, 0.05) is 19.3 Å². The Morgan fingerprint density at radius 1 is 1.22 bits per heavy atom. The number of thioether (sulfide) groups is 1. The van der Waals surface area contributed by atoms with Crippen molar-refractivity contribution in [2.45, 2.75) is 43.1 Å². The van der Waals surface area contributed by atoms with Crippen molar-refractivity contribution in [1.82, 2.24) is 15.3 Å². The highest BCUT2D eigenvalue weighted by Gasteiger charge is 2.36. The Bertz CT molecular complexity index is 1180. The van der Waals surface area contributed by atoms with Gasteiger partial charge in [0.25, 0.3) is 0 Å². The zero-order valence-electron chi connectivity index (χ0n) is 16.8. The number of hydrogen-bond acceptors (Lipinski definition) is 7. The van der Waals surface area contributed by atoms with Crippen LogP contribution in [0.25, 0.3) is 10.6 Å². The molecule has 1 saturated carbocycles. The van der Waals surface area contributed by atoms with Crippen molar-refractivity contribution >= 4 is 46.3 Å². The maximum Gasteiger partial charge on any atom is 0.420 e. The molecule has 1 aliphatic heterocycles. The Morgan fingerprint density at radius 3 is 2.66 bits per heavy atom. The molecule has 1 fully saturated rings. The molecule has 5 rings (SSSR count). The molecular formula is C21H18ClF3N4OS2. The average Bonchev–Trinajstić information content (AvgIpc) is 3.28. The van der Waals surface area contributed by atoms with E-state index in [4.69, 9.17) is 16.3 Å².